The van der Waals surface area contributed by atoms with E-state index in [-0.39, 0.29) is 11.6 Å². The first kappa shape index (κ1) is 15.6. The third-order valence-electron chi connectivity index (χ3n) is 4.17. The van der Waals surface area contributed by atoms with Crippen LogP contribution >= 0.6 is 0 Å². The summed E-state index contributed by atoms with van der Waals surface area (Å²) in [6.07, 6.45) is -0.197. The first-order chi connectivity index (χ1) is 11.1. The molecule has 1 aliphatic rings. The van der Waals surface area contributed by atoms with Gasteiger partial charge in [-0.25, -0.2) is 8.78 Å². The predicted octanol–water partition coefficient (Wildman–Crippen LogP) is 3.14. The van der Waals surface area contributed by atoms with Crippen molar-refractivity contribution < 1.29 is 13.9 Å². The molecule has 0 saturated carbocycles. The van der Waals surface area contributed by atoms with Crippen LogP contribution in [0.3, 0.4) is 0 Å². The quantitative estimate of drug-likeness (QED) is 0.947. The van der Waals surface area contributed by atoms with Gasteiger partial charge in [-0.2, -0.15) is 5.26 Å². The summed E-state index contributed by atoms with van der Waals surface area (Å²) in [7, 11) is 0. The standard InChI is InChI=1S/C18H16F2N2O/c19-14-5-6-17(20)16(7-14)18-8-15(23)11-22(18)10-13-3-1-12(9-21)2-4-13/h1-7,15,18,23H,8,10-11H2/t15-,18+/m0/s1. The lowest BCUT2D eigenvalue weighted by Gasteiger charge is -2.25. The van der Waals surface area contributed by atoms with Gasteiger partial charge in [-0.1, -0.05) is 12.1 Å². The fourth-order valence-corrected chi connectivity index (χ4v) is 3.07. The van der Waals surface area contributed by atoms with E-state index in [9.17, 15) is 13.9 Å². The molecule has 0 amide bonds. The van der Waals surface area contributed by atoms with Gasteiger partial charge in [0, 0.05) is 24.7 Å². The first-order valence-electron chi connectivity index (χ1n) is 7.43. The maximum absolute atomic E-state index is 14.0. The van der Waals surface area contributed by atoms with Crippen molar-refractivity contribution in [1.29, 1.82) is 5.26 Å². The molecule has 0 radical (unpaired) electrons. The van der Waals surface area contributed by atoms with Crippen LogP contribution in [-0.4, -0.2) is 22.7 Å². The monoisotopic (exact) mass is 314 g/mol. The number of hydrogen-bond acceptors (Lipinski definition) is 3. The Kier molecular flexibility index (Phi) is 4.37. The Morgan fingerprint density at radius 2 is 1.91 bits per heavy atom. The third kappa shape index (κ3) is 3.39. The average Bonchev–Trinajstić information content (AvgIpc) is 2.91. The van der Waals surface area contributed by atoms with E-state index in [0.29, 0.717) is 25.1 Å². The molecule has 1 N–H and O–H groups in total. The minimum atomic E-state index is -0.568. The molecule has 2 aromatic rings. The van der Waals surface area contributed by atoms with Crippen molar-refractivity contribution in [2.45, 2.75) is 25.1 Å². The van der Waals surface area contributed by atoms with Gasteiger partial charge in [0.05, 0.1) is 17.7 Å². The van der Waals surface area contributed by atoms with E-state index in [2.05, 4.69) is 6.07 Å². The van der Waals surface area contributed by atoms with E-state index in [1.807, 2.05) is 17.0 Å². The molecule has 1 heterocycles. The van der Waals surface area contributed by atoms with Gasteiger partial charge in [-0.05, 0) is 42.3 Å². The van der Waals surface area contributed by atoms with Crippen LogP contribution in [0.1, 0.15) is 29.2 Å². The Morgan fingerprint density at radius 3 is 2.61 bits per heavy atom. The molecular weight excluding hydrogens is 298 g/mol. The number of nitriles is 1. The number of likely N-dealkylation sites (tertiary alicyclic amines) is 1. The van der Waals surface area contributed by atoms with E-state index in [0.717, 1.165) is 17.7 Å². The van der Waals surface area contributed by atoms with Crippen LogP contribution in [0.4, 0.5) is 8.78 Å². The maximum Gasteiger partial charge on any atom is 0.128 e. The molecule has 5 heteroatoms. The smallest absolute Gasteiger partial charge is 0.128 e. The summed E-state index contributed by atoms with van der Waals surface area (Å²) in [5, 5.41) is 18.8. The minimum absolute atomic E-state index is 0.273. The maximum atomic E-state index is 14.0. The summed E-state index contributed by atoms with van der Waals surface area (Å²) in [4.78, 5) is 1.93. The highest BCUT2D eigenvalue weighted by Crippen LogP contribution is 2.35. The molecule has 3 rings (SSSR count). The van der Waals surface area contributed by atoms with Gasteiger partial charge >= 0.3 is 0 Å². The SMILES string of the molecule is N#Cc1ccc(CN2C[C@@H](O)C[C@@H]2c2cc(F)ccc2F)cc1. The van der Waals surface area contributed by atoms with Gasteiger partial charge in [0.25, 0.3) is 0 Å². The van der Waals surface area contributed by atoms with Gasteiger partial charge in [-0.3, -0.25) is 4.90 Å². The number of benzene rings is 2. The van der Waals surface area contributed by atoms with Crippen LogP contribution < -0.4 is 0 Å². The number of hydrogen-bond donors (Lipinski definition) is 1. The number of nitrogens with zero attached hydrogens (tertiary/aromatic N) is 2. The molecule has 0 bridgehead atoms. The van der Waals surface area contributed by atoms with E-state index in [4.69, 9.17) is 5.26 Å². The van der Waals surface area contributed by atoms with E-state index in [1.165, 1.54) is 6.07 Å². The largest absolute Gasteiger partial charge is 0.392 e. The average molecular weight is 314 g/mol. The van der Waals surface area contributed by atoms with Crippen molar-refractivity contribution in [2.75, 3.05) is 6.54 Å². The minimum Gasteiger partial charge on any atom is -0.392 e. The number of aliphatic hydroxyl groups is 1. The van der Waals surface area contributed by atoms with E-state index in [1.54, 1.807) is 12.1 Å². The van der Waals surface area contributed by atoms with Gasteiger partial charge in [0.2, 0.25) is 0 Å². The van der Waals surface area contributed by atoms with Gasteiger partial charge in [0.15, 0.2) is 0 Å². The Labute approximate surface area is 133 Å². The summed E-state index contributed by atoms with van der Waals surface area (Å²) in [5.41, 5.74) is 1.80. The summed E-state index contributed by atoms with van der Waals surface area (Å²) in [6.45, 7) is 0.907. The number of β-amino-alcohol motifs (C(OH)–C–C–N with tert-alkyl or cyclic N) is 1. The highest BCUT2D eigenvalue weighted by molar-refractivity contribution is 5.32. The molecule has 2 aromatic carbocycles. The van der Waals surface area contributed by atoms with Crippen molar-refractivity contribution in [1.82, 2.24) is 4.90 Å². The van der Waals surface area contributed by atoms with Gasteiger partial charge in [0.1, 0.15) is 11.6 Å². The lowest BCUT2D eigenvalue weighted by Crippen LogP contribution is -2.25. The van der Waals surface area contributed by atoms with Crippen LogP contribution in [0.5, 0.6) is 0 Å². The second kappa shape index (κ2) is 6.45. The van der Waals surface area contributed by atoms with Crippen molar-refractivity contribution in [3.8, 4) is 6.07 Å². The Balaban J connectivity index is 1.84. The zero-order valence-electron chi connectivity index (χ0n) is 12.4. The molecule has 3 nitrogen and oxygen atoms in total. The fraction of sp³-hybridized carbons (Fsp3) is 0.278. The first-order valence-corrected chi connectivity index (χ1v) is 7.43. The highest BCUT2D eigenvalue weighted by atomic mass is 19.1. The van der Waals surface area contributed by atoms with Crippen LogP contribution in [0.2, 0.25) is 0 Å². The molecule has 2 atom stereocenters. The molecule has 0 aliphatic carbocycles. The summed E-state index contributed by atoms with van der Waals surface area (Å²) in [5.74, 6) is -0.948. The summed E-state index contributed by atoms with van der Waals surface area (Å²) >= 11 is 0. The fourth-order valence-electron chi connectivity index (χ4n) is 3.07. The number of halogens is 2. The second-order valence-corrected chi connectivity index (χ2v) is 5.81. The molecule has 1 fully saturated rings. The highest BCUT2D eigenvalue weighted by Gasteiger charge is 2.33. The van der Waals surface area contributed by atoms with Crippen LogP contribution in [0.15, 0.2) is 42.5 Å². The molecule has 0 unspecified atom stereocenters. The Hall–Kier alpha value is -2.29. The molecule has 23 heavy (non-hydrogen) atoms. The van der Waals surface area contributed by atoms with Gasteiger partial charge in [-0.15, -0.1) is 0 Å². The number of aliphatic hydroxyl groups excluding tert-OH is 1. The van der Waals surface area contributed by atoms with Crippen molar-refractivity contribution in [2.24, 2.45) is 0 Å². The van der Waals surface area contributed by atoms with E-state index < -0.39 is 17.7 Å². The summed E-state index contributed by atoms with van der Waals surface area (Å²) < 4.78 is 27.5. The molecule has 0 spiro atoms. The Morgan fingerprint density at radius 1 is 1.17 bits per heavy atom. The van der Waals surface area contributed by atoms with Crippen molar-refractivity contribution in [3.63, 3.8) is 0 Å². The normalized spacial score (nSPS) is 21.3. The van der Waals surface area contributed by atoms with E-state index >= 15 is 0 Å². The molecule has 1 saturated heterocycles. The summed E-state index contributed by atoms with van der Waals surface area (Å²) in [6, 6.07) is 12.2. The van der Waals surface area contributed by atoms with Gasteiger partial charge < -0.3 is 5.11 Å². The second-order valence-electron chi connectivity index (χ2n) is 5.81. The van der Waals surface area contributed by atoms with Crippen LogP contribution in [-0.2, 0) is 6.54 Å². The van der Waals surface area contributed by atoms with Crippen molar-refractivity contribution in [3.05, 3.63) is 70.8 Å². The zero-order valence-corrected chi connectivity index (χ0v) is 12.4. The topological polar surface area (TPSA) is 47.3 Å². The number of rotatable bonds is 3. The van der Waals surface area contributed by atoms with Crippen LogP contribution in [0.25, 0.3) is 0 Å². The molecule has 0 aromatic heterocycles. The van der Waals surface area contributed by atoms with Crippen LogP contribution in [0, 0.1) is 23.0 Å². The molecular formula is C18H16F2N2O. The third-order valence-corrected chi connectivity index (χ3v) is 4.17. The lowest BCUT2D eigenvalue weighted by atomic mass is 10.0. The Bertz CT molecular complexity index is 740. The van der Waals surface area contributed by atoms with Crippen molar-refractivity contribution >= 4 is 0 Å². The molecule has 1 aliphatic heterocycles. The lowest BCUT2D eigenvalue weighted by molar-refractivity contribution is 0.172. The predicted molar refractivity (Wildman–Crippen MR) is 81.3 cm³/mol. The zero-order chi connectivity index (χ0) is 16.4. The molecule has 118 valence electrons.